The van der Waals surface area contributed by atoms with Gasteiger partial charge in [0.1, 0.15) is 4.88 Å². The lowest BCUT2D eigenvalue weighted by Gasteiger charge is -2.05. The molecule has 2 rings (SSSR count). The second-order valence-corrected chi connectivity index (χ2v) is 4.83. The number of thiazole rings is 1. The first-order valence-electron chi connectivity index (χ1n) is 4.82. The molecule has 1 aliphatic carbocycles. The van der Waals surface area contributed by atoms with Crippen molar-refractivity contribution < 1.29 is 4.79 Å². The molecule has 1 aromatic rings. The van der Waals surface area contributed by atoms with E-state index in [2.05, 4.69) is 10.4 Å². The molecule has 1 saturated carbocycles. The highest BCUT2D eigenvalue weighted by Gasteiger charge is 2.32. The van der Waals surface area contributed by atoms with Crippen LogP contribution in [0, 0.1) is 0 Å². The highest BCUT2D eigenvalue weighted by molar-refractivity contribution is 7.17. The number of anilines is 1. The highest BCUT2D eigenvalue weighted by Crippen LogP contribution is 2.43. The summed E-state index contributed by atoms with van der Waals surface area (Å²) in [5.41, 5.74) is 3.08. The molecule has 0 bridgehead atoms. The third-order valence-corrected chi connectivity index (χ3v) is 3.56. The third-order valence-electron chi connectivity index (χ3n) is 2.33. The fraction of sp³-hybridized carbons (Fsp3) is 0.556. The van der Waals surface area contributed by atoms with Gasteiger partial charge in [-0.05, 0) is 12.8 Å². The molecule has 82 valence electrons. The zero-order valence-electron chi connectivity index (χ0n) is 8.78. The first kappa shape index (κ1) is 10.4. The van der Waals surface area contributed by atoms with E-state index in [0.29, 0.717) is 10.8 Å². The number of nitrogens with two attached hydrogens (primary N) is 1. The molecule has 1 amide bonds. The Labute approximate surface area is 92.3 Å². The van der Waals surface area contributed by atoms with Crippen LogP contribution in [-0.2, 0) is 0 Å². The van der Waals surface area contributed by atoms with E-state index in [1.54, 1.807) is 0 Å². The van der Waals surface area contributed by atoms with Gasteiger partial charge in [0.2, 0.25) is 0 Å². The minimum absolute atomic E-state index is 0.234. The molecule has 5 nitrogen and oxygen atoms in total. The van der Waals surface area contributed by atoms with Crippen molar-refractivity contribution >= 4 is 22.4 Å². The number of aromatic nitrogens is 1. The fourth-order valence-electron chi connectivity index (χ4n) is 1.37. The summed E-state index contributed by atoms with van der Waals surface area (Å²) in [5.74, 6) is 5.37. The maximum absolute atomic E-state index is 11.5. The molecule has 0 atom stereocenters. The van der Waals surface area contributed by atoms with Crippen molar-refractivity contribution in [3.8, 4) is 0 Å². The molecule has 0 unspecified atom stereocenters. The van der Waals surface area contributed by atoms with Gasteiger partial charge in [0.15, 0.2) is 5.13 Å². The summed E-state index contributed by atoms with van der Waals surface area (Å²) in [6.45, 7) is 0. The normalized spacial score (nSPS) is 15.1. The van der Waals surface area contributed by atoms with Crippen LogP contribution in [0.15, 0.2) is 0 Å². The predicted molar refractivity (Wildman–Crippen MR) is 60.1 cm³/mol. The minimum atomic E-state index is -0.234. The Kier molecular flexibility index (Phi) is 2.62. The predicted octanol–water partition coefficient (Wildman–Crippen LogP) is 0.690. The lowest BCUT2D eigenvalue weighted by Crippen LogP contribution is -2.30. The molecule has 1 aromatic heterocycles. The van der Waals surface area contributed by atoms with E-state index in [4.69, 9.17) is 5.84 Å². The lowest BCUT2D eigenvalue weighted by molar-refractivity contribution is 0.0956. The topological polar surface area (TPSA) is 71.2 Å². The van der Waals surface area contributed by atoms with Crippen molar-refractivity contribution in [1.29, 1.82) is 0 Å². The van der Waals surface area contributed by atoms with Gasteiger partial charge in [-0.3, -0.25) is 10.2 Å². The number of nitrogen functional groups attached to an aromatic ring is 1. The molecule has 1 fully saturated rings. The number of hydrogen-bond donors (Lipinski definition) is 2. The molecule has 1 aliphatic rings. The van der Waals surface area contributed by atoms with Crippen LogP contribution in [0.4, 0.5) is 5.13 Å². The average Bonchev–Trinajstić information content (AvgIpc) is 2.96. The summed E-state index contributed by atoms with van der Waals surface area (Å²) < 4.78 is 0. The molecule has 0 saturated heterocycles. The molecular formula is C9H14N4OS. The number of rotatable bonds is 3. The Morgan fingerprint density at radius 3 is 2.73 bits per heavy atom. The summed E-state index contributed by atoms with van der Waals surface area (Å²) in [5, 5.41) is 0.857. The Morgan fingerprint density at radius 1 is 1.60 bits per heavy atom. The highest BCUT2D eigenvalue weighted by atomic mass is 32.1. The van der Waals surface area contributed by atoms with Crippen LogP contribution < -0.4 is 16.2 Å². The number of amides is 1. The van der Waals surface area contributed by atoms with Gasteiger partial charge >= 0.3 is 0 Å². The largest absolute Gasteiger partial charge is 0.354 e. The molecular weight excluding hydrogens is 212 g/mol. The van der Waals surface area contributed by atoms with E-state index >= 15 is 0 Å². The van der Waals surface area contributed by atoms with Crippen molar-refractivity contribution in [2.75, 3.05) is 19.0 Å². The second-order valence-electron chi connectivity index (χ2n) is 3.85. The number of nitrogens with one attached hydrogen (secondary N) is 1. The van der Waals surface area contributed by atoms with Crippen LogP contribution in [0.1, 0.15) is 34.1 Å². The summed E-state index contributed by atoms with van der Waals surface area (Å²) in [6, 6.07) is 0. The summed E-state index contributed by atoms with van der Waals surface area (Å²) in [6.07, 6.45) is 2.25. The van der Waals surface area contributed by atoms with E-state index in [1.807, 2.05) is 19.0 Å². The first-order chi connectivity index (χ1) is 7.13. The Bertz CT molecular complexity index is 383. The monoisotopic (exact) mass is 226 g/mol. The van der Waals surface area contributed by atoms with Crippen LogP contribution in [0.5, 0.6) is 0 Å². The van der Waals surface area contributed by atoms with Crippen molar-refractivity contribution in [3.63, 3.8) is 0 Å². The molecule has 0 aromatic carbocycles. The fourth-order valence-corrected chi connectivity index (χ4v) is 2.35. The van der Waals surface area contributed by atoms with E-state index in [1.165, 1.54) is 11.3 Å². The minimum Gasteiger partial charge on any atom is -0.354 e. The van der Waals surface area contributed by atoms with Crippen LogP contribution in [-0.4, -0.2) is 25.0 Å². The molecule has 0 aliphatic heterocycles. The average molecular weight is 226 g/mol. The third kappa shape index (κ3) is 1.95. The maximum atomic E-state index is 11.5. The number of nitrogens with zero attached hydrogens (tertiary/aromatic N) is 2. The zero-order valence-corrected chi connectivity index (χ0v) is 9.60. The first-order valence-corrected chi connectivity index (χ1v) is 5.64. The number of carbonyl (C=O) groups is 1. The second kappa shape index (κ2) is 3.79. The van der Waals surface area contributed by atoms with Crippen LogP contribution in [0.2, 0.25) is 0 Å². The van der Waals surface area contributed by atoms with Crippen LogP contribution in [0.3, 0.4) is 0 Å². The maximum Gasteiger partial charge on any atom is 0.277 e. The molecule has 3 N–H and O–H groups in total. The van der Waals surface area contributed by atoms with Crippen molar-refractivity contribution in [3.05, 3.63) is 10.6 Å². The van der Waals surface area contributed by atoms with Crippen molar-refractivity contribution in [2.24, 2.45) is 5.84 Å². The quantitative estimate of drug-likeness (QED) is 0.452. The van der Waals surface area contributed by atoms with Gasteiger partial charge in [-0.25, -0.2) is 10.8 Å². The Hall–Kier alpha value is -1.14. The number of hydrazine groups is 1. The summed E-state index contributed by atoms with van der Waals surface area (Å²) in [7, 11) is 3.83. The van der Waals surface area contributed by atoms with Crippen LogP contribution >= 0.6 is 11.3 Å². The zero-order chi connectivity index (χ0) is 11.0. The smallest absolute Gasteiger partial charge is 0.277 e. The molecule has 0 spiro atoms. The molecule has 1 heterocycles. The Balaban J connectivity index is 2.37. The van der Waals surface area contributed by atoms with Crippen LogP contribution in [0.25, 0.3) is 0 Å². The van der Waals surface area contributed by atoms with Crippen molar-refractivity contribution in [2.45, 2.75) is 18.8 Å². The van der Waals surface area contributed by atoms with Gasteiger partial charge in [0.25, 0.3) is 5.91 Å². The van der Waals surface area contributed by atoms with E-state index in [-0.39, 0.29) is 5.91 Å². The standard InChI is InChI=1S/C9H14N4OS/c1-13(2)9-11-6(5-3-4-5)7(15-9)8(14)12-10/h5H,3-4,10H2,1-2H3,(H,12,14). The van der Waals surface area contributed by atoms with E-state index < -0.39 is 0 Å². The number of carbonyl (C=O) groups excluding carboxylic acids is 1. The molecule has 15 heavy (non-hydrogen) atoms. The molecule has 6 heteroatoms. The van der Waals surface area contributed by atoms with Gasteiger partial charge in [-0.1, -0.05) is 11.3 Å². The summed E-state index contributed by atoms with van der Waals surface area (Å²) in [4.78, 5) is 18.5. The number of hydrogen-bond acceptors (Lipinski definition) is 5. The van der Waals surface area contributed by atoms with Gasteiger partial charge in [-0.15, -0.1) is 0 Å². The SMILES string of the molecule is CN(C)c1nc(C2CC2)c(C(=O)NN)s1. The summed E-state index contributed by atoms with van der Waals surface area (Å²) >= 11 is 1.39. The molecule has 0 radical (unpaired) electrons. The van der Waals surface area contributed by atoms with Gasteiger partial charge < -0.3 is 4.90 Å². The van der Waals surface area contributed by atoms with E-state index in [0.717, 1.165) is 23.7 Å². The van der Waals surface area contributed by atoms with Crippen molar-refractivity contribution in [1.82, 2.24) is 10.4 Å². The van der Waals surface area contributed by atoms with Gasteiger partial charge in [0.05, 0.1) is 5.69 Å². The van der Waals surface area contributed by atoms with Gasteiger partial charge in [0, 0.05) is 20.0 Å². The lowest BCUT2D eigenvalue weighted by atomic mass is 10.2. The Morgan fingerprint density at radius 2 is 2.27 bits per heavy atom. The van der Waals surface area contributed by atoms with Gasteiger partial charge in [-0.2, -0.15) is 0 Å². The van der Waals surface area contributed by atoms with E-state index in [9.17, 15) is 4.79 Å².